The molecule has 0 saturated heterocycles. The van der Waals surface area contributed by atoms with Crippen molar-refractivity contribution in [3.8, 4) is 11.3 Å². The van der Waals surface area contributed by atoms with Crippen molar-refractivity contribution in [3.63, 3.8) is 0 Å². The number of carbonyl (C=O) groups is 1. The van der Waals surface area contributed by atoms with Gasteiger partial charge < -0.3 is 9.15 Å². The SMILES string of the molecule is COC(=O)c1ccc(/C=N\n2cnc3scc(-c4ccco4)c3c2=O)cc1. The zero-order chi connectivity index (χ0) is 18.8. The highest BCUT2D eigenvalue weighted by Gasteiger charge is 2.14. The number of rotatable bonds is 4. The van der Waals surface area contributed by atoms with Gasteiger partial charge in [0.1, 0.15) is 16.9 Å². The number of methoxy groups -OCH3 is 1. The van der Waals surface area contributed by atoms with Crippen LogP contribution in [0.4, 0.5) is 0 Å². The van der Waals surface area contributed by atoms with Gasteiger partial charge in [-0.2, -0.15) is 9.78 Å². The lowest BCUT2D eigenvalue weighted by Gasteiger charge is -2.01. The minimum atomic E-state index is -0.410. The maximum absolute atomic E-state index is 12.8. The van der Waals surface area contributed by atoms with Gasteiger partial charge in [0.05, 0.1) is 30.5 Å². The molecule has 0 aliphatic carbocycles. The van der Waals surface area contributed by atoms with Gasteiger partial charge in [0.25, 0.3) is 5.56 Å². The van der Waals surface area contributed by atoms with Crippen molar-refractivity contribution >= 4 is 33.7 Å². The largest absolute Gasteiger partial charge is 0.465 e. The van der Waals surface area contributed by atoms with Gasteiger partial charge in [0.2, 0.25) is 0 Å². The molecule has 27 heavy (non-hydrogen) atoms. The van der Waals surface area contributed by atoms with Crippen LogP contribution < -0.4 is 5.56 Å². The molecule has 0 saturated carbocycles. The van der Waals surface area contributed by atoms with E-state index in [0.29, 0.717) is 27.1 Å². The molecule has 0 bridgehead atoms. The van der Waals surface area contributed by atoms with E-state index in [9.17, 15) is 9.59 Å². The standard InChI is InChI=1S/C19H13N3O4S/c1-25-19(24)13-6-4-12(5-7-13)9-21-22-11-20-17-16(18(22)23)14(10-27-17)15-3-2-8-26-15/h2-11H,1H3/b21-9-. The first-order valence-corrected chi connectivity index (χ1v) is 8.81. The Labute approximate surface area is 157 Å². The number of carbonyl (C=O) groups excluding carboxylic acids is 1. The topological polar surface area (TPSA) is 86.7 Å². The van der Waals surface area contributed by atoms with Crippen molar-refractivity contribution in [2.24, 2.45) is 5.10 Å². The average Bonchev–Trinajstić information content (AvgIpc) is 3.37. The number of ether oxygens (including phenoxy) is 1. The summed E-state index contributed by atoms with van der Waals surface area (Å²) in [6.45, 7) is 0. The number of nitrogens with zero attached hydrogens (tertiary/aromatic N) is 3. The Hall–Kier alpha value is -3.52. The summed E-state index contributed by atoms with van der Waals surface area (Å²) in [5.74, 6) is 0.201. The first-order chi connectivity index (χ1) is 13.2. The molecular formula is C19H13N3O4S. The molecule has 3 aromatic heterocycles. The second-order valence-electron chi connectivity index (χ2n) is 5.56. The molecule has 0 radical (unpaired) electrons. The Kier molecular flexibility index (Phi) is 4.39. The number of benzene rings is 1. The summed E-state index contributed by atoms with van der Waals surface area (Å²) in [5.41, 5.74) is 1.59. The van der Waals surface area contributed by atoms with Crippen molar-refractivity contribution in [2.75, 3.05) is 7.11 Å². The molecule has 3 heterocycles. The van der Waals surface area contributed by atoms with Crippen LogP contribution in [0.5, 0.6) is 0 Å². The summed E-state index contributed by atoms with van der Waals surface area (Å²) in [5, 5.41) is 6.51. The van der Waals surface area contributed by atoms with Crippen LogP contribution in [0.2, 0.25) is 0 Å². The minimum absolute atomic E-state index is 0.282. The second kappa shape index (κ2) is 7.00. The monoisotopic (exact) mass is 379 g/mol. The summed E-state index contributed by atoms with van der Waals surface area (Å²) in [7, 11) is 1.33. The van der Waals surface area contributed by atoms with Gasteiger partial charge in [-0.15, -0.1) is 11.3 Å². The lowest BCUT2D eigenvalue weighted by molar-refractivity contribution is 0.0600. The van der Waals surface area contributed by atoms with Gasteiger partial charge in [-0.05, 0) is 29.8 Å². The van der Waals surface area contributed by atoms with E-state index in [-0.39, 0.29) is 5.56 Å². The molecule has 4 aromatic rings. The Morgan fingerprint density at radius 1 is 1.30 bits per heavy atom. The first-order valence-electron chi connectivity index (χ1n) is 7.93. The lowest BCUT2D eigenvalue weighted by atomic mass is 10.1. The van der Waals surface area contributed by atoms with Crippen LogP contribution in [0, 0.1) is 0 Å². The molecule has 0 aliphatic rings. The highest BCUT2D eigenvalue weighted by atomic mass is 32.1. The molecule has 1 aromatic carbocycles. The van der Waals surface area contributed by atoms with Crippen LogP contribution in [0.25, 0.3) is 21.5 Å². The fourth-order valence-electron chi connectivity index (χ4n) is 2.57. The Balaban J connectivity index is 1.69. The number of fused-ring (bicyclic) bond motifs is 1. The van der Waals surface area contributed by atoms with Crippen LogP contribution in [0.3, 0.4) is 0 Å². The molecule has 7 nitrogen and oxygen atoms in total. The van der Waals surface area contributed by atoms with Gasteiger partial charge in [0, 0.05) is 10.9 Å². The normalized spacial score (nSPS) is 11.3. The molecule has 4 rings (SSSR count). The molecule has 0 fully saturated rings. The van der Waals surface area contributed by atoms with E-state index in [0.717, 1.165) is 5.56 Å². The van der Waals surface area contributed by atoms with Crippen molar-refractivity contribution in [3.05, 3.63) is 75.8 Å². The van der Waals surface area contributed by atoms with E-state index in [2.05, 4.69) is 14.8 Å². The van der Waals surface area contributed by atoms with Crippen LogP contribution in [0.1, 0.15) is 15.9 Å². The third-order valence-corrected chi connectivity index (χ3v) is 4.81. The van der Waals surface area contributed by atoms with E-state index in [1.807, 2.05) is 5.38 Å². The van der Waals surface area contributed by atoms with Gasteiger partial charge in [-0.3, -0.25) is 4.79 Å². The Morgan fingerprint density at radius 2 is 2.11 bits per heavy atom. The van der Waals surface area contributed by atoms with Crippen molar-refractivity contribution in [2.45, 2.75) is 0 Å². The molecule has 8 heteroatoms. The van der Waals surface area contributed by atoms with Gasteiger partial charge in [0.15, 0.2) is 0 Å². The average molecular weight is 379 g/mol. The fourth-order valence-corrected chi connectivity index (χ4v) is 3.46. The van der Waals surface area contributed by atoms with E-state index < -0.39 is 5.97 Å². The van der Waals surface area contributed by atoms with Crippen LogP contribution in [-0.4, -0.2) is 29.0 Å². The zero-order valence-electron chi connectivity index (χ0n) is 14.2. The third kappa shape index (κ3) is 3.18. The zero-order valence-corrected chi connectivity index (χ0v) is 15.0. The number of esters is 1. The summed E-state index contributed by atoms with van der Waals surface area (Å²) < 4.78 is 11.2. The second-order valence-corrected chi connectivity index (χ2v) is 6.42. The maximum atomic E-state index is 12.8. The molecule has 0 atom stereocenters. The number of furan rings is 1. The number of hydrogen-bond donors (Lipinski definition) is 0. The van der Waals surface area contributed by atoms with Gasteiger partial charge in [-0.25, -0.2) is 9.78 Å². The molecule has 0 spiro atoms. The highest BCUT2D eigenvalue weighted by Crippen LogP contribution is 2.30. The summed E-state index contributed by atoms with van der Waals surface area (Å²) in [6.07, 6.45) is 4.46. The fraction of sp³-hybridized carbons (Fsp3) is 0.0526. The minimum Gasteiger partial charge on any atom is -0.465 e. The van der Waals surface area contributed by atoms with Crippen LogP contribution in [0.15, 0.2) is 68.7 Å². The highest BCUT2D eigenvalue weighted by molar-refractivity contribution is 7.17. The maximum Gasteiger partial charge on any atom is 0.337 e. The van der Waals surface area contributed by atoms with E-state index in [4.69, 9.17) is 4.42 Å². The predicted octanol–water partition coefficient (Wildman–Crippen LogP) is 3.39. The van der Waals surface area contributed by atoms with Crippen LogP contribution >= 0.6 is 11.3 Å². The van der Waals surface area contributed by atoms with Crippen molar-refractivity contribution < 1.29 is 13.9 Å². The predicted molar refractivity (Wildman–Crippen MR) is 102 cm³/mol. The number of thiophene rings is 1. The quantitative estimate of drug-likeness (QED) is 0.401. The molecule has 0 unspecified atom stereocenters. The van der Waals surface area contributed by atoms with Gasteiger partial charge >= 0.3 is 5.97 Å². The number of aromatic nitrogens is 2. The molecule has 0 aliphatic heterocycles. The Bertz CT molecular complexity index is 1190. The molecule has 0 N–H and O–H groups in total. The van der Waals surface area contributed by atoms with Crippen molar-refractivity contribution in [1.82, 2.24) is 9.66 Å². The molecular weight excluding hydrogens is 366 g/mol. The van der Waals surface area contributed by atoms with Crippen LogP contribution in [-0.2, 0) is 4.74 Å². The van der Waals surface area contributed by atoms with E-state index >= 15 is 0 Å². The van der Waals surface area contributed by atoms with E-state index in [1.54, 1.807) is 42.7 Å². The van der Waals surface area contributed by atoms with E-state index in [1.165, 1.54) is 35.7 Å². The summed E-state index contributed by atoms with van der Waals surface area (Å²) >= 11 is 1.38. The smallest absolute Gasteiger partial charge is 0.337 e. The first kappa shape index (κ1) is 16.9. The summed E-state index contributed by atoms with van der Waals surface area (Å²) in [4.78, 5) is 29.2. The molecule has 0 amide bonds. The van der Waals surface area contributed by atoms with Gasteiger partial charge in [-0.1, -0.05) is 12.1 Å². The van der Waals surface area contributed by atoms with Crippen molar-refractivity contribution in [1.29, 1.82) is 0 Å². The molecule has 134 valence electrons. The number of hydrogen-bond acceptors (Lipinski definition) is 7. The lowest BCUT2D eigenvalue weighted by Crippen LogP contribution is -2.16. The Morgan fingerprint density at radius 3 is 2.81 bits per heavy atom. The summed E-state index contributed by atoms with van der Waals surface area (Å²) in [6, 6.07) is 10.3. The third-order valence-electron chi connectivity index (χ3n) is 3.93.